The van der Waals surface area contributed by atoms with E-state index < -0.39 is 0 Å². The summed E-state index contributed by atoms with van der Waals surface area (Å²) in [5.74, 6) is 0. The SMILES string of the molecule is CC.OCC1=CC=CC(CO)N1. The van der Waals surface area contributed by atoms with E-state index in [9.17, 15) is 0 Å². The number of dihydropyridines is 1. The number of aliphatic hydroxyl groups excluding tert-OH is 2. The fourth-order valence-electron chi connectivity index (χ4n) is 0.845. The maximum absolute atomic E-state index is 8.68. The normalized spacial score (nSPS) is 20.3. The van der Waals surface area contributed by atoms with Crippen LogP contribution in [-0.2, 0) is 0 Å². The molecule has 0 radical (unpaired) electrons. The van der Waals surface area contributed by atoms with E-state index in [1.807, 2.05) is 26.0 Å². The molecule has 70 valence electrons. The molecule has 1 aliphatic heterocycles. The van der Waals surface area contributed by atoms with Crippen LogP contribution in [0, 0.1) is 0 Å². The van der Waals surface area contributed by atoms with E-state index in [1.165, 1.54) is 0 Å². The van der Waals surface area contributed by atoms with Gasteiger partial charge in [-0.05, 0) is 6.08 Å². The average molecular weight is 171 g/mol. The number of hydrogen-bond acceptors (Lipinski definition) is 3. The molecule has 1 unspecified atom stereocenters. The number of allylic oxidation sites excluding steroid dienone is 2. The first-order chi connectivity index (χ1) is 5.86. The van der Waals surface area contributed by atoms with Gasteiger partial charge in [0.15, 0.2) is 0 Å². The summed E-state index contributed by atoms with van der Waals surface area (Å²) in [7, 11) is 0. The first-order valence-corrected chi connectivity index (χ1v) is 4.22. The van der Waals surface area contributed by atoms with Crippen molar-refractivity contribution in [3.05, 3.63) is 23.9 Å². The van der Waals surface area contributed by atoms with Crippen molar-refractivity contribution in [3.8, 4) is 0 Å². The quantitative estimate of drug-likeness (QED) is 0.564. The maximum Gasteiger partial charge on any atom is 0.0827 e. The molecule has 1 rings (SSSR count). The topological polar surface area (TPSA) is 52.5 Å². The van der Waals surface area contributed by atoms with Crippen LogP contribution in [0.15, 0.2) is 23.9 Å². The van der Waals surface area contributed by atoms with Crippen molar-refractivity contribution in [1.29, 1.82) is 0 Å². The molecule has 1 heterocycles. The molecule has 0 aromatic heterocycles. The highest BCUT2D eigenvalue weighted by Gasteiger charge is 2.06. The Balaban J connectivity index is 0.000000561. The molecule has 12 heavy (non-hydrogen) atoms. The Bertz CT molecular complexity index is 164. The van der Waals surface area contributed by atoms with Gasteiger partial charge in [-0.2, -0.15) is 0 Å². The first-order valence-electron chi connectivity index (χ1n) is 4.22. The number of hydrogen-bond donors (Lipinski definition) is 3. The summed E-state index contributed by atoms with van der Waals surface area (Å²) in [6.45, 7) is 4.06. The third-order valence-corrected chi connectivity index (χ3v) is 1.38. The number of aliphatic hydroxyl groups is 2. The second kappa shape index (κ2) is 6.88. The van der Waals surface area contributed by atoms with Crippen molar-refractivity contribution in [1.82, 2.24) is 5.32 Å². The molecule has 0 fully saturated rings. The van der Waals surface area contributed by atoms with Crippen LogP contribution in [-0.4, -0.2) is 29.5 Å². The molecule has 0 saturated heterocycles. The Morgan fingerprint density at radius 3 is 2.58 bits per heavy atom. The van der Waals surface area contributed by atoms with Crippen molar-refractivity contribution in [3.63, 3.8) is 0 Å². The zero-order valence-corrected chi connectivity index (χ0v) is 7.62. The lowest BCUT2D eigenvalue weighted by Gasteiger charge is -2.17. The van der Waals surface area contributed by atoms with Crippen LogP contribution in [0.4, 0.5) is 0 Å². The van der Waals surface area contributed by atoms with E-state index in [-0.39, 0.29) is 19.3 Å². The lowest BCUT2D eigenvalue weighted by Crippen LogP contribution is -2.32. The summed E-state index contributed by atoms with van der Waals surface area (Å²) < 4.78 is 0. The van der Waals surface area contributed by atoms with Crippen LogP contribution in [0.25, 0.3) is 0 Å². The summed E-state index contributed by atoms with van der Waals surface area (Å²) in [6.07, 6.45) is 5.45. The first kappa shape index (κ1) is 11.2. The molecule has 0 aromatic carbocycles. The van der Waals surface area contributed by atoms with Crippen LogP contribution in [0.1, 0.15) is 13.8 Å². The zero-order chi connectivity index (χ0) is 9.40. The average Bonchev–Trinajstić information content (AvgIpc) is 2.21. The molecule has 1 atom stereocenters. The molecule has 0 aliphatic carbocycles. The second-order valence-corrected chi connectivity index (χ2v) is 2.17. The van der Waals surface area contributed by atoms with E-state index in [0.29, 0.717) is 0 Å². The monoisotopic (exact) mass is 171 g/mol. The van der Waals surface area contributed by atoms with Gasteiger partial charge in [0.25, 0.3) is 0 Å². The van der Waals surface area contributed by atoms with E-state index in [1.54, 1.807) is 6.08 Å². The molecule has 0 aromatic rings. The standard InChI is InChI=1S/C7H11NO2.C2H6/c9-4-6-2-1-3-7(5-10)8-6;1-2/h1-3,6,8-10H,4-5H2;1-2H3. The minimum absolute atomic E-state index is 0.000833. The minimum Gasteiger partial charge on any atom is -0.394 e. The molecule has 0 spiro atoms. The van der Waals surface area contributed by atoms with Gasteiger partial charge in [0.1, 0.15) is 0 Å². The van der Waals surface area contributed by atoms with Crippen molar-refractivity contribution < 1.29 is 10.2 Å². The fourth-order valence-corrected chi connectivity index (χ4v) is 0.845. The van der Waals surface area contributed by atoms with Crippen molar-refractivity contribution in [2.24, 2.45) is 0 Å². The summed E-state index contributed by atoms with van der Waals surface area (Å²) in [6, 6.07) is -0.0350. The zero-order valence-electron chi connectivity index (χ0n) is 7.62. The molecular weight excluding hydrogens is 154 g/mol. The Morgan fingerprint density at radius 2 is 2.08 bits per heavy atom. The van der Waals surface area contributed by atoms with Gasteiger partial charge in [-0.15, -0.1) is 0 Å². The largest absolute Gasteiger partial charge is 0.394 e. The third-order valence-electron chi connectivity index (χ3n) is 1.38. The number of nitrogens with one attached hydrogen (secondary N) is 1. The number of rotatable bonds is 2. The fraction of sp³-hybridized carbons (Fsp3) is 0.556. The predicted molar refractivity (Wildman–Crippen MR) is 49.7 cm³/mol. The van der Waals surface area contributed by atoms with Gasteiger partial charge in [0, 0.05) is 5.70 Å². The van der Waals surface area contributed by atoms with Crippen LogP contribution in [0.3, 0.4) is 0 Å². The summed E-state index contributed by atoms with van der Waals surface area (Å²) in [4.78, 5) is 0. The summed E-state index contributed by atoms with van der Waals surface area (Å²) in [5.41, 5.74) is 0.751. The van der Waals surface area contributed by atoms with Gasteiger partial charge < -0.3 is 15.5 Å². The Kier molecular flexibility index (Phi) is 6.42. The van der Waals surface area contributed by atoms with Gasteiger partial charge in [0.05, 0.1) is 19.3 Å². The van der Waals surface area contributed by atoms with Crippen molar-refractivity contribution in [2.75, 3.05) is 13.2 Å². The van der Waals surface area contributed by atoms with Gasteiger partial charge >= 0.3 is 0 Å². The summed E-state index contributed by atoms with van der Waals surface area (Å²) in [5, 5.41) is 20.3. The highest BCUT2D eigenvalue weighted by atomic mass is 16.3. The predicted octanol–water partition coefficient (Wildman–Crippen LogP) is 0.409. The minimum atomic E-state index is -0.0350. The molecule has 0 saturated carbocycles. The highest BCUT2D eigenvalue weighted by Crippen LogP contribution is 1.99. The lowest BCUT2D eigenvalue weighted by molar-refractivity contribution is 0.259. The molecule has 0 bridgehead atoms. The van der Waals surface area contributed by atoms with Crippen LogP contribution in [0.5, 0.6) is 0 Å². The molecule has 3 heteroatoms. The Labute approximate surface area is 73.4 Å². The molecule has 3 nitrogen and oxygen atoms in total. The van der Waals surface area contributed by atoms with E-state index >= 15 is 0 Å². The van der Waals surface area contributed by atoms with Crippen molar-refractivity contribution in [2.45, 2.75) is 19.9 Å². The van der Waals surface area contributed by atoms with Crippen LogP contribution in [0.2, 0.25) is 0 Å². The third kappa shape index (κ3) is 3.55. The van der Waals surface area contributed by atoms with Crippen LogP contribution < -0.4 is 5.32 Å². The van der Waals surface area contributed by atoms with Crippen LogP contribution >= 0.6 is 0 Å². The van der Waals surface area contributed by atoms with Gasteiger partial charge in [-0.25, -0.2) is 0 Å². The van der Waals surface area contributed by atoms with Gasteiger partial charge in [-0.1, -0.05) is 26.0 Å². The molecule has 3 N–H and O–H groups in total. The van der Waals surface area contributed by atoms with E-state index in [4.69, 9.17) is 10.2 Å². The van der Waals surface area contributed by atoms with Gasteiger partial charge in [-0.3, -0.25) is 0 Å². The van der Waals surface area contributed by atoms with Gasteiger partial charge in [0.2, 0.25) is 0 Å². The van der Waals surface area contributed by atoms with E-state index in [0.717, 1.165) is 5.70 Å². The highest BCUT2D eigenvalue weighted by molar-refractivity contribution is 5.19. The molecule has 1 aliphatic rings. The second-order valence-electron chi connectivity index (χ2n) is 2.17. The Morgan fingerprint density at radius 1 is 1.42 bits per heavy atom. The Hall–Kier alpha value is -0.800. The summed E-state index contributed by atoms with van der Waals surface area (Å²) >= 11 is 0. The smallest absolute Gasteiger partial charge is 0.0827 e. The lowest BCUT2D eigenvalue weighted by atomic mass is 10.2. The maximum atomic E-state index is 8.68. The van der Waals surface area contributed by atoms with E-state index in [2.05, 4.69) is 5.32 Å². The molecule has 0 amide bonds. The van der Waals surface area contributed by atoms with Crippen molar-refractivity contribution >= 4 is 0 Å². The molecular formula is C9H17NO2.